The largest absolute Gasteiger partial charge is 0.480 e. The minimum Gasteiger partial charge on any atom is -0.480 e. The second kappa shape index (κ2) is 1.23. The Morgan fingerprint density at radius 2 is 2.12 bits per heavy atom. The van der Waals surface area contributed by atoms with Crippen LogP contribution in [0.3, 0.4) is 0 Å². The smallest absolute Gasteiger partial charge is 0.322 e. The maximum atomic E-state index is 10.1. The number of hydrogen-bond acceptors (Lipinski definition) is 2. The molecule has 1 saturated heterocycles. The fourth-order valence-electron chi connectivity index (χ4n) is 0.701. The Balaban J connectivity index is 2.48. The summed E-state index contributed by atoms with van der Waals surface area (Å²) >= 11 is 0. The van der Waals surface area contributed by atoms with Gasteiger partial charge in [0.05, 0.1) is 0 Å². The Morgan fingerprint density at radius 1 is 1.75 bits per heavy atom. The van der Waals surface area contributed by atoms with Crippen LogP contribution in [0.4, 0.5) is 0 Å². The molecule has 0 bridgehead atoms. The molecule has 0 aliphatic carbocycles. The van der Waals surface area contributed by atoms with Crippen molar-refractivity contribution in [1.29, 1.82) is 0 Å². The van der Waals surface area contributed by atoms with Gasteiger partial charge in [0.15, 0.2) is 0 Å². The maximum absolute atomic E-state index is 10.1. The van der Waals surface area contributed by atoms with Crippen molar-refractivity contribution in [1.82, 2.24) is 5.32 Å². The summed E-state index contributed by atoms with van der Waals surface area (Å²) in [6.45, 7) is 3.73. The van der Waals surface area contributed by atoms with Gasteiger partial charge in [0, 0.05) is 5.54 Å². The SMILES string of the molecule is CC1(C)N[C@H]1C(=O)O. The first kappa shape index (κ1) is 5.56. The van der Waals surface area contributed by atoms with Crippen molar-refractivity contribution in [3.63, 3.8) is 0 Å². The third kappa shape index (κ3) is 0.690. The monoisotopic (exact) mass is 115 g/mol. The standard InChI is InChI=1S/C5H9NO2/c1-5(2)3(6-5)4(7)8/h3,6H,1-2H3,(H,7,8)/t3-/m0/s1. The molecule has 0 aromatic rings. The van der Waals surface area contributed by atoms with Crippen molar-refractivity contribution in [3.8, 4) is 0 Å². The van der Waals surface area contributed by atoms with Crippen LogP contribution in [0.2, 0.25) is 0 Å². The third-order valence-corrected chi connectivity index (χ3v) is 1.40. The lowest BCUT2D eigenvalue weighted by Gasteiger charge is -1.90. The average molecular weight is 115 g/mol. The highest BCUT2D eigenvalue weighted by atomic mass is 16.4. The van der Waals surface area contributed by atoms with Crippen molar-refractivity contribution in [2.45, 2.75) is 25.4 Å². The van der Waals surface area contributed by atoms with Crippen molar-refractivity contribution in [2.24, 2.45) is 0 Å². The molecule has 8 heavy (non-hydrogen) atoms. The molecular weight excluding hydrogens is 106 g/mol. The molecule has 1 rings (SSSR count). The van der Waals surface area contributed by atoms with Crippen LogP contribution >= 0.6 is 0 Å². The van der Waals surface area contributed by atoms with E-state index in [1.165, 1.54) is 0 Å². The van der Waals surface area contributed by atoms with Gasteiger partial charge in [-0.1, -0.05) is 0 Å². The van der Waals surface area contributed by atoms with E-state index in [-0.39, 0.29) is 11.6 Å². The molecule has 1 fully saturated rings. The summed E-state index contributed by atoms with van der Waals surface area (Å²) < 4.78 is 0. The molecule has 0 aromatic carbocycles. The van der Waals surface area contributed by atoms with Gasteiger partial charge in [-0.25, -0.2) is 0 Å². The van der Waals surface area contributed by atoms with E-state index in [4.69, 9.17) is 5.11 Å². The van der Waals surface area contributed by atoms with Crippen molar-refractivity contribution in [3.05, 3.63) is 0 Å². The molecule has 1 aliphatic heterocycles. The highest BCUT2D eigenvalue weighted by Crippen LogP contribution is 2.24. The molecule has 1 atom stereocenters. The lowest BCUT2D eigenvalue weighted by molar-refractivity contribution is -0.136. The Hall–Kier alpha value is -0.570. The number of carboxylic acid groups (broad SMARTS) is 1. The summed E-state index contributed by atoms with van der Waals surface area (Å²) in [5.41, 5.74) is -0.161. The van der Waals surface area contributed by atoms with E-state index in [0.29, 0.717) is 0 Å². The van der Waals surface area contributed by atoms with Crippen LogP contribution in [0.1, 0.15) is 13.8 Å². The summed E-state index contributed by atoms with van der Waals surface area (Å²) in [6, 6.07) is -0.317. The first-order valence-corrected chi connectivity index (χ1v) is 2.54. The van der Waals surface area contributed by atoms with Gasteiger partial charge in [-0.2, -0.15) is 0 Å². The van der Waals surface area contributed by atoms with Crippen LogP contribution in [0.5, 0.6) is 0 Å². The molecule has 3 heteroatoms. The fourth-order valence-corrected chi connectivity index (χ4v) is 0.701. The summed E-state index contributed by atoms with van der Waals surface area (Å²) in [5.74, 6) is -0.755. The van der Waals surface area contributed by atoms with Crippen LogP contribution in [0.15, 0.2) is 0 Å². The molecule has 0 amide bonds. The summed E-state index contributed by atoms with van der Waals surface area (Å²) in [4.78, 5) is 10.1. The molecule has 0 unspecified atom stereocenters. The normalized spacial score (nSPS) is 32.0. The van der Waals surface area contributed by atoms with Gasteiger partial charge in [-0.05, 0) is 13.8 Å². The number of carbonyl (C=O) groups is 1. The molecule has 1 heterocycles. The molecule has 1 aliphatic rings. The number of carboxylic acids is 1. The Morgan fingerprint density at radius 3 is 2.12 bits per heavy atom. The second-order valence-electron chi connectivity index (χ2n) is 2.64. The number of hydrogen-bond donors (Lipinski definition) is 2. The highest BCUT2D eigenvalue weighted by Gasteiger charge is 2.50. The first-order chi connectivity index (χ1) is 3.54. The molecule has 46 valence electrons. The van der Waals surface area contributed by atoms with E-state index in [1.54, 1.807) is 0 Å². The van der Waals surface area contributed by atoms with Crippen LogP contribution in [0.25, 0.3) is 0 Å². The second-order valence-corrected chi connectivity index (χ2v) is 2.64. The molecule has 2 N–H and O–H groups in total. The van der Waals surface area contributed by atoms with E-state index in [2.05, 4.69) is 5.32 Å². The van der Waals surface area contributed by atoms with Crippen LogP contribution < -0.4 is 5.32 Å². The zero-order chi connectivity index (χ0) is 6.36. The highest BCUT2D eigenvalue weighted by molar-refractivity contribution is 5.79. The molecule has 0 spiro atoms. The molecule has 0 aromatic heterocycles. The summed E-state index contributed by atoms with van der Waals surface area (Å²) in [5, 5.41) is 11.1. The van der Waals surface area contributed by atoms with Crippen LogP contribution in [0, 0.1) is 0 Å². The van der Waals surface area contributed by atoms with Crippen molar-refractivity contribution >= 4 is 5.97 Å². The predicted octanol–water partition coefficient (Wildman–Crippen LogP) is -0.179. The molecular formula is C5H9NO2. The van der Waals surface area contributed by atoms with Gasteiger partial charge < -0.3 is 5.11 Å². The van der Waals surface area contributed by atoms with Crippen LogP contribution in [-0.2, 0) is 4.79 Å². The Kier molecular flexibility index (Phi) is 0.854. The van der Waals surface area contributed by atoms with Crippen LogP contribution in [-0.4, -0.2) is 22.7 Å². The first-order valence-electron chi connectivity index (χ1n) is 2.54. The van der Waals surface area contributed by atoms with E-state index < -0.39 is 5.97 Å². The van der Waals surface area contributed by atoms with E-state index in [0.717, 1.165) is 0 Å². The number of aliphatic carboxylic acids is 1. The quantitative estimate of drug-likeness (QED) is 0.466. The van der Waals surface area contributed by atoms with Crippen molar-refractivity contribution in [2.75, 3.05) is 0 Å². The predicted molar refractivity (Wildman–Crippen MR) is 28.6 cm³/mol. The molecule has 3 nitrogen and oxygen atoms in total. The zero-order valence-electron chi connectivity index (χ0n) is 4.93. The van der Waals surface area contributed by atoms with Gasteiger partial charge in [0.2, 0.25) is 0 Å². The van der Waals surface area contributed by atoms with E-state index in [9.17, 15) is 4.79 Å². The van der Waals surface area contributed by atoms with Gasteiger partial charge in [0.25, 0.3) is 0 Å². The zero-order valence-corrected chi connectivity index (χ0v) is 4.93. The van der Waals surface area contributed by atoms with E-state index in [1.807, 2.05) is 13.8 Å². The van der Waals surface area contributed by atoms with Gasteiger partial charge in [0.1, 0.15) is 6.04 Å². The number of rotatable bonds is 1. The minimum atomic E-state index is -0.755. The maximum Gasteiger partial charge on any atom is 0.322 e. The lowest BCUT2D eigenvalue weighted by atomic mass is 10.1. The lowest BCUT2D eigenvalue weighted by Crippen LogP contribution is -2.12. The Bertz CT molecular complexity index is 130. The summed E-state index contributed by atoms with van der Waals surface area (Å²) in [6.07, 6.45) is 0. The number of nitrogens with one attached hydrogen (secondary N) is 1. The van der Waals surface area contributed by atoms with Gasteiger partial charge >= 0.3 is 5.97 Å². The minimum absolute atomic E-state index is 0.161. The van der Waals surface area contributed by atoms with E-state index >= 15 is 0 Å². The van der Waals surface area contributed by atoms with Crippen molar-refractivity contribution < 1.29 is 9.90 Å². The Labute approximate surface area is 47.7 Å². The summed E-state index contributed by atoms with van der Waals surface area (Å²) in [7, 11) is 0. The van der Waals surface area contributed by atoms with Gasteiger partial charge in [-0.3, -0.25) is 10.1 Å². The van der Waals surface area contributed by atoms with Gasteiger partial charge in [-0.15, -0.1) is 0 Å². The molecule has 0 saturated carbocycles. The third-order valence-electron chi connectivity index (χ3n) is 1.40. The molecule has 0 radical (unpaired) electrons. The fraction of sp³-hybridized carbons (Fsp3) is 0.800. The average Bonchev–Trinajstić information content (AvgIpc) is 2.13. The topological polar surface area (TPSA) is 59.2 Å².